The van der Waals surface area contributed by atoms with Gasteiger partial charge in [0.05, 0.1) is 31.0 Å². The Labute approximate surface area is 137 Å². The third-order valence-electron chi connectivity index (χ3n) is 3.69. The van der Waals surface area contributed by atoms with Gasteiger partial charge >= 0.3 is 5.97 Å². The largest absolute Gasteiger partial charge is 0.497 e. The first-order valence-corrected chi connectivity index (χ1v) is 7.09. The van der Waals surface area contributed by atoms with Crippen LogP contribution in [0.5, 0.6) is 11.5 Å². The minimum Gasteiger partial charge on any atom is -0.497 e. The second kappa shape index (κ2) is 6.16. The van der Waals surface area contributed by atoms with E-state index in [9.17, 15) is 14.3 Å². The molecule has 0 aliphatic rings. The number of pyridine rings is 1. The van der Waals surface area contributed by atoms with Crippen LogP contribution >= 0.6 is 0 Å². The lowest BCUT2D eigenvalue weighted by molar-refractivity contribution is 0.0699. The Hall–Kier alpha value is -3.15. The molecule has 0 amide bonds. The van der Waals surface area contributed by atoms with Crippen LogP contribution in [-0.2, 0) is 0 Å². The maximum absolute atomic E-state index is 13.9. The van der Waals surface area contributed by atoms with Crippen molar-refractivity contribution in [1.29, 1.82) is 0 Å². The number of nitrogens with zero attached hydrogens (tertiary/aromatic N) is 1. The van der Waals surface area contributed by atoms with Crippen molar-refractivity contribution in [3.8, 4) is 22.8 Å². The van der Waals surface area contributed by atoms with Crippen molar-refractivity contribution in [2.24, 2.45) is 0 Å². The van der Waals surface area contributed by atoms with Crippen LogP contribution in [0, 0.1) is 5.82 Å². The maximum atomic E-state index is 13.9. The molecule has 24 heavy (non-hydrogen) atoms. The summed E-state index contributed by atoms with van der Waals surface area (Å²) < 4.78 is 23.9. The molecule has 0 aliphatic carbocycles. The Bertz CT molecular complexity index is 940. The topological polar surface area (TPSA) is 68.7 Å². The van der Waals surface area contributed by atoms with E-state index < -0.39 is 11.8 Å². The molecule has 1 heterocycles. The van der Waals surface area contributed by atoms with Gasteiger partial charge in [0.1, 0.15) is 5.75 Å². The molecule has 0 unspecified atom stereocenters. The van der Waals surface area contributed by atoms with Crippen LogP contribution in [0.4, 0.5) is 4.39 Å². The summed E-state index contributed by atoms with van der Waals surface area (Å²) in [4.78, 5) is 16.0. The van der Waals surface area contributed by atoms with Gasteiger partial charge in [-0.3, -0.25) is 0 Å². The fourth-order valence-electron chi connectivity index (χ4n) is 2.48. The number of methoxy groups -OCH3 is 2. The van der Waals surface area contributed by atoms with Crippen LogP contribution in [0.2, 0.25) is 0 Å². The first-order valence-electron chi connectivity index (χ1n) is 7.09. The van der Waals surface area contributed by atoms with E-state index >= 15 is 0 Å². The molecule has 0 atom stereocenters. The highest BCUT2D eigenvalue weighted by Gasteiger charge is 2.15. The number of ether oxygens (including phenoxy) is 2. The van der Waals surface area contributed by atoms with E-state index in [1.165, 1.54) is 32.4 Å². The monoisotopic (exact) mass is 327 g/mol. The molecular formula is C18H14FNO4. The van der Waals surface area contributed by atoms with E-state index in [4.69, 9.17) is 9.47 Å². The molecule has 6 heteroatoms. The van der Waals surface area contributed by atoms with Gasteiger partial charge in [-0.1, -0.05) is 0 Å². The van der Waals surface area contributed by atoms with E-state index in [0.29, 0.717) is 27.9 Å². The first-order chi connectivity index (χ1) is 11.5. The van der Waals surface area contributed by atoms with E-state index in [-0.39, 0.29) is 11.3 Å². The first kappa shape index (κ1) is 15.7. The van der Waals surface area contributed by atoms with Gasteiger partial charge in [0.2, 0.25) is 0 Å². The van der Waals surface area contributed by atoms with E-state index in [1.807, 2.05) is 0 Å². The van der Waals surface area contributed by atoms with Gasteiger partial charge in [0.25, 0.3) is 0 Å². The summed E-state index contributed by atoms with van der Waals surface area (Å²) in [5.74, 6) is -0.979. The Morgan fingerprint density at radius 3 is 2.50 bits per heavy atom. The second-order valence-electron chi connectivity index (χ2n) is 5.09. The lowest BCUT2D eigenvalue weighted by Crippen LogP contribution is -2.01. The summed E-state index contributed by atoms with van der Waals surface area (Å²) >= 11 is 0. The maximum Gasteiger partial charge on any atom is 0.336 e. The summed E-state index contributed by atoms with van der Waals surface area (Å²) in [7, 11) is 2.88. The lowest BCUT2D eigenvalue weighted by atomic mass is 10.0. The molecule has 0 spiro atoms. The number of benzene rings is 2. The van der Waals surface area contributed by atoms with Crippen LogP contribution in [0.25, 0.3) is 22.2 Å². The van der Waals surface area contributed by atoms with Crippen LogP contribution in [-0.4, -0.2) is 30.3 Å². The summed E-state index contributed by atoms with van der Waals surface area (Å²) in [5, 5.41) is 9.95. The number of rotatable bonds is 4. The zero-order chi connectivity index (χ0) is 17.3. The van der Waals surface area contributed by atoms with Gasteiger partial charge in [0.15, 0.2) is 11.6 Å². The van der Waals surface area contributed by atoms with Crippen molar-refractivity contribution in [2.75, 3.05) is 14.2 Å². The third kappa shape index (κ3) is 2.74. The molecule has 0 saturated heterocycles. The molecule has 3 aromatic rings. The molecule has 0 bridgehead atoms. The van der Waals surface area contributed by atoms with E-state index in [1.54, 1.807) is 24.3 Å². The zero-order valence-corrected chi connectivity index (χ0v) is 13.0. The minimum atomic E-state index is -1.09. The molecule has 1 N–H and O–H groups in total. The van der Waals surface area contributed by atoms with Gasteiger partial charge in [-0.25, -0.2) is 14.2 Å². The molecule has 1 aromatic heterocycles. The quantitative estimate of drug-likeness (QED) is 0.790. The summed E-state index contributed by atoms with van der Waals surface area (Å²) in [6.45, 7) is 0. The molecule has 2 aromatic carbocycles. The van der Waals surface area contributed by atoms with Gasteiger partial charge in [0, 0.05) is 10.9 Å². The van der Waals surface area contributed by atoms with Crippen LogP contribution in [0.1, 0.15) is 10.4 Å². The summed E-state index contributed by atoms with van der Waals surface area (Å²) in [6, 6.07) is 10.8. The number of hydrogen-bond acceptors (Lipinski definition) is 4. The van der Waals surface area contributed by atoms with Gasteiger partial charge in [-0.2, -0.15) is 0 Å². The Kier molecular flexibility index (Phi) is 4.04. The second-order valence-corrected chi connectivity index (χ2v) is 5.09. The molecule has 5 nitrogen and oxygen atoms in total. The van der Waals surface area contributed by atoms with E-state index in [2.05, 4.69) is 4.98 Å². The molecule has 0 saturated carbocycles. The SMILES string of the molecule is COc1ccc2nc(-c3ccc(OC)c(F)c3)cc(C(=O)O)c2c1. The smallest absolute Gasteiger partial charge is 0.336 e. The summed E-state index contributed by atoms with van der Waals surface area (Å²) in [6.07, 6.45) is 0. The Morgan fingerprint density at radius 2 is 1.88 bits per heavy atom. The van der Waals surface area contributed by atoms with Crippen molar-refractivity contribution < 1.29 is 23.8 Å². The number of carboxylic acid groups (broad SMARTS) is 1. The number of aromatic carboxylic acids is 1. The van der Waals surface area contributed by atoms with E-state index in [0.717, 1.165) is 0 Å². The molecule has 0 aliphatic heterocycles. The number of hydrogen-bond donors (Lipinski definition) is 1. The third-order valence-corrected chi connectivity index (χ3v) is 3.69. The fourth-order valence-corrected chi connectivity index (χ4v) is 2.48. The fraction of sp³-hybridized carbons (Fsp3) is 0.111. The van der Waals surface area contributed by atoms with Crippen molar-refractivity contribution in [3.05, 3.63) is 53.8 Å². The standard InChI is InChI=1S/C18H14FNO4/c1-23-11-4-5-15-12(8-11)13(18(21)22)9-16(20-15)10-3-6-17(24-2)14(19)7-10/h3-9H,1-2H3,(H,21,22). The average molecular weight is 327 g/mol. The van der Waals surface area contributed by atoms with Crippen molar-refractivity contribution >= 4 is 16.9 Å². The number of fused-ring (bicyclic) bond motifs is 1. The van der Waals surface area contributed by atoms with Gasteiger partial charge < -0.3 is 14.6 Å². The molecular weight excluding hydrogens is 313 g/mol. The van der Waals surface area contributed by atoms with Crippen molar-refractivity contribution in [1.82, 2.24) is 4.98 Å². The Morgan fingerprint density at radius 1 is 1.08 bits per heavy atom. The number of carboxylic acids is 1. The van der Waals surface area contributed by atoms with Crippen LogP contribution < -0.4 is 9.47 Å². The minimum absolute atomic E-state index is 0.0742. The van der Waals surface area contributed by atoms with Gasteiger partial charge in [-0.15, -0.1) is 0 Å². The normalized spacial score (nSPS) is 10.6. The predicted molar refractivity (Wildman–Crippen MR) is 87.2 cm³/mol. The lowest BCUT2D eigenvalue weighted by Gasteiger charge is -2.09. The predicted octanol–water partition coefficient (Wildman–Crippen LogP) is 3.76. The molecule has 0 radical (unpaired) electrons. The molecule has 122 valence electrons. The average Bonchev–Trinajstić information content (AvgIpc) is 2.60. The number of carbonyl (C=O) groups is 1. The van der Waals surface area contributed by atoms with Crippen molar-refractivity contribution in [3.63, 3.8) is 0 Å². The highest BCUT2D eigenvalue weighted by molar-refractivity contribution is 6.04. The number of aromatic nitrogens is 1. The number of halogens is 1. The highest BCUT2D eigenvalue weighted by atomic mass is 19.1. The summed E-state index contributed by atoms with van der Waals surface area (Å²) in [5.41, 5.74) is 1.40. The molecule has 0 fully saturated rings. The Balaban J connectivity index is 2.22. The van der Waals surface area contributed by atoms with Crippen LogP contribution in [0.15, 0.2) is 42.5 Å². The highest BCUT2D eigenvalue weighted by Crippen LogP contribution is 2.29. The molecule has 3 rings (SSSR count). The van der Waals surface area contributed by atoms with Crippen LogP contribution in [0.3, 0.4) is 0 Å². The van der Waals surface area contributed by atoms with Crippen molar-refractivity contribution in [2.45, 2.75) is 0 Å². The zero-order valence-electron chi connectivity index (χ0n) is 13.0. The van der Waals surface area contributed by atoms with Gasteiger partial charge in [-0.05, 0) is 42.5 Å².